The molecule has 0 aliphatic rings. The highest BCUT2D eigenvalue weighted by Crippen LogP contribution is 2.29. The molecule has 25 heavy (non-hydrogen) atoms. The van der Waals surface area contributed by atoms with Crippen LogP contribution in [-0.4, -0.2) is 25.9 Å². The third kappa shape index (κ3) is 2.69. The van der Waals surface area contributed by atoms with Crippen LogP contribution >= 0.6 is 0 Å². The van der Waals surface area contributed by atoms with Crippen molar-refractivity contribution >= 4 is 22.5 Å². The summed E-state index contributed by atoms with van der Waals surface area (Å²) < 4.78 is 16.2. The van der Waals surface area contributed by atoms with Crippen LogP contribution in [-0.2, 0) is 0 Å². The largest absolute Gasteiger partial charge is 0.367 e. The van der Waals surface area contributed by atoms with Crippen LogP contribution in [0, 0.1) is 11.9 Å². The van der Waals surface area contributed by atoms with Crippen molar-refractivity contribution in [3.05, 3.63) is 54.7 Å². The summed E-state index contributed by atoms with van der Waals surface area (Å²) in [6, 6.07) is 11.2. The van der Waals surface area contributed by atoms with Gasteiger partial charge in [-0.25, -0.2) is 15.0 Å². The molecule has 0 saturated heterocycles. The predicted octanol–water partition coefficient (Wildman–Crippen LogP) is 4.15. The van der Waals surface area contributed by atoms with Crippen LogP contribution in [0.4, 0.5) is 10.2 Å². The highest BCUT2D eigenvalue weighted by atomic mass is 19.1. The minimum absolute atomic E-state index is 0.418. The van der Waals surface area contributed by atoms with Gasteiger partial charge in [0.15, 0.2) is 11.5 Å². The zero-order valence-electron chi connectivity index (χ0n) is 14.1. The maximum Gasteiger partial charge on any atom is 0.222 e. The van der Waals surface area contributed by atoms with E-state index in [0.717, 1.165) is 17.6 Å². The van der Waals surface area contributed by atoms with E-state index in [4.69, 9.17) is 4.98 Å². The fraction of sp³-hybridized carbons (Fsp3) is 0.211. The van der Waals surface area contributed by atoms with E-state index < -0.39 is 5.95 Å². The average Bonchev–Trinajstić information content (AvgIpc) is 3.05. The Hall–Kier alpha value is -3.02. The summed E-state index contributed by atoms with van der Waals surface area (Å²) in [5, 5.41) is 3.35. The van der Waals surface area contributed by atoms with Crippen LogP contribution in [0.5, 0.6) is 0 Å². The molecule has 0 bridgehead atoms. The number of imidazole rings is 1. The molecule has 4 rings (SSSR count). The Morgan fingerprint density at radius 3 is 2.76 bits per heavy atom. The first-order valence-electron chi connectivity index (χ1n) is 8.26. The van der Waals surface area contributed by atoms with Gasteiger partial charge >= 0.3 is 0 Å². The number of nitrogens with zero attached hydrogens (tertiary/aromatic N) is 4. The molecule has 4 aromatic rings. The third-order valence-electron chi connectivity index (χ3n) is 4.04. The normalized spacial score (nSPS) is 11.5. The molecule has 5 nitrogen and oxygen atoms in total. The topological polar surface area (TPSA) is 55.1 Å². The molecule has 0 spiro atoms. The van der Waals surface area contributed by atoms with E-state index in [1.165, 1.54) is 6.20 Å². The van der Waals surface area contributed by atoms with Gasteiger partial charge in [0.1, 0.15) is 0 Å². The molecule has 1 N–H and O–H groups in total. The number of benzene rings is 1. The number of rotatable bonds is 4. The van der Waals surface area contributed by atoms with E-state index >= 15 is 0 Å². The SMILES string of the molecule is CC(C)CNc1nc2ccccc2n2c(-c3cccnc3F)cnc12. The average molecular weight is 335 g/mol. The molecule has 0 saturated carbocycles. The van der Waals surface area contributed by atoms with Crippen LogP contribution < -0.4 is 5.32 Å². The standard InChI is InChI=1S/C19H18FN5/c1-12(2)10-22-18-19-23-11-16(13-6-5-9-21-17(13)20)25(19)15-8-4-3-7-14(15)24-18/h3-9,11-12H,10H2,1-2H3,(H,22,24). The van der Waals surface area contributed by atoms with E-state index in [2.05, 4.69) is 29.1 Å². The first-order valence-corrected chi connectivity index (χ1v) is 8.26. The molecular weight excluding hydrogens is 317 g/mol. The van der Waals surface area contributed by atoms with Gasteiger partial charge in [0.05, 0.1) is 28.5 Å². The molecule has 3 heterocycles. The van der Waals surface area contributed by atoms with Crippen LogP contribution in [0.2, 0.25) is 0 Å². The van der Waals surface area contributed by atoms with E-state index in [1.807, 2.05) is 28.7 Å². The number of hydrogen-bond donors (Lipinski definition) is 1. The molecule has 0 aliphatic carbocycles. The number of halogens is 1. The fourth-order valence-electron chi connectivity index (χ4n) is 2.87. The molecule has 0 fully saturated rings. The van der Waals surface area contributed by atoms with Gasteiger partial charge in [-0.1, -0.05) is 26.0 Å². The van der Waals surface area contributed by atoms with E-state index in [1.54, 1.807) is 18.3 Å². The van der Waals surface area contributed by atoms with Gasteiger partial charge in [-0.2, -0.15) is 4.39 Å². The zero-order chi connectivity index (χ0) is 17.4. The van der Waals surface area contributed by atoms with E-state index in [9.17, 15) is 4.39 Å². The number of fused-ring (bicyclic) bond motifs is 3. The Balaban J connectivity index is 2.02. The van der Waals surface area contributed by atoms with Gasteiger partial charge < -0.3 is 5.32 Å². The second-order valence-corrected chi connectivity index (χ2v) is 6.37. The fourth-order valence-corrected chi connectivity index (χ4v) is 2.87. The first kappa shape index (κ1) is 15.5. The molecule has 6 heteroatoms. The van der Waals surface area contributed by atoms with Crippen molar-refractivity contribution in [2.75, 3.05) is 11.9 Å². The Labute approximate surface area is 144 Å². The summed E-state index contributed by atoms with van der Waals surface area (Å²) in [5.41, 5.74) is 3.46. The molecule has 126 valence electrons. The Morgan fingerprint density at radius 1 is 1.12 bits per heavy atom. The van der Waals surface area contributed by atoms with E-state index in [0.29, 0.717) is 28.6 Å². The molecule has 1 aromatic carbocycles. The molecule has 3 aromatic heterocycles. The highest BCUT2D eigenvalue weighted by molar-refractivity contribution is 5.86. The lowest BCUT2D eigenvalue weighted by atomic mass is 10.2. The van der Waals surface area contributed by atoms with Crippen molar-refractivity contribution in [3.63, 3.8) is 0 Å². The number of nitrogens with one attached hydrogen (secondary N) is 1. The smallest absolute Gasteiger partial charge is 0.222 e. The van der Waals surface area contributed by atoms with Gasteiger partial charge in [-0.3, -0.25) is 4.40 Å². The summed E-state index contributed by atoms with van der Waals surface area (Å²) in [6.07, 6.45) is 3.11. The lowest BCUT2D eigenvalue weighted by Gasteiger charge is -2.12. The molecule has 0 aliphatic heterocycles. The maximum absolute atomic E-state index is 14.3. The predicted molar refractivity (Wildman–Crippen MR) is 97.0 cm³/mol. The van der Waals surface area contributed by atoms with Crippen LogP contribution in [0.1, 0.15) is 13.8 Å². The number of aromatic nitrogens is 4. The second-order valence-electron chi connectivity index (χ2n) is 6.37. The van der Waals surface area contributed by atoms with Crippen LogP contribution in [0.15, 0.2) is 48.8 Å². The van der Waals surface area contributed by atoms with Crippen molar-refractivity contribution in [3.8, 4) is 11.3 Å². The summed E-state index contributed by atoms with van der Waals surface area (Å²) in [4.78, 5) is 13.0. The monoisotopic (exact) mass is 335 g/mol. The second kappa shape index (κ2) is 6.12. The highest BCUT2D eigenvalue weighted by Gasteiger charge is 2.17. The minimum atomic E-state index is -0.512. The Kier molecular flexibility index (Phi) is 3.80. The number of para-hydroxylation sites is 2. The zero-order valence-corrected chi connectivity index (χ0v) is 14.1. The molecule has 0 atom stereocenters. The molecule has 0 amide bonds. The summed E-state index contributed by atoms with van der Waals surface area (Å²) in [6.45, 7) is 5.05. The quantitative estimate of drug-likeness (QED) is 0.569. The van der Waals surface area contributed by atoms with Gasteiger partial charge in [0, 0.05) is 12.7 Å². The lowest BCUT2D eigenvalue weighted by molar-refractivity contribution is 0.587. The Morgan fingerprint density at radius 2 is 1.96 bits per heavy atom. The van der Waals surface area contributed by atoms with Gasteiger partial charge in [-0.05, 0) is 30.2 Å². The van der Waals surface area contributed by atoms with Crippen molar-refractivity contribution in [2.24, 2.45) is 5.92 Å². The first-order chi connectivity index (χ1) is 12.1. The number of pyridine rings is 1. The summed E-state index contributed by atoms with van der Waals surface area (Å²) in [5.74, 6) is 0.656. The van der Waals surface area contributed by atoms with Crippen LogP contribution in [0.3, 0.4) is 0 Å². The number of hydrogen-bond acceptors (Lipinski definition) is 4. The minimum Gasteiger partial charge on any atom is -0.367 e. The molecule has 0 radical (unpaired) electrons. The van der Waals surface area contributed by atoms with Crippen molar-refractivity contribution in [2.45, 2.75) is 13.8 Å². The van der Waals surface area contributed by atoms with E-state index in [-0.39, 0.29) is 0 Å². The number of anilines is 1. The van der Waals surface area contributed by atoms with Crippen molar-refractivity contribution in [1.29, 1.82) is 0 Å². The van der Waals surface area contributed by atoms with Crippen molar-refractivity contribution < 1.29 is 4.39 Å². The maximum atomic E-state index is 14.3. The Bertz CT molecular complexity index is 1050. The van der Waals surface area contributed by atoms with Gasteiger partial charge in [0.25, 0.3) is 0 Å². The van der Waals surface area contributed by atoms with Crippen molar-refractivity contribution in [1.82, 2.24) is 19.4 Å². The van der Waals surface area contributed by atoms with Crippen LogP contribution in [0.25, 0.3) is 27.9 Å². The summed E-state index contributed by atoms with van der Waals surface area (Å²) >= 11 is 0. The molecule has 0 unspecified atom stereocenters. The summed E-state index contributed by atoms with van der Waals surface area (Å²) in [7, 11) is 0. The van der Waals surface area contributed by atoms with Gasteiger partial charge in [-0.15, -0.1) is 0 Å². The lowest BCUT2D eigenvalue weighted by Crippen LogP contribution is -2.11. The third-order valence-corrected chi connectivity index (χ3v) is 4.04. The van der Waals surface area contributed by atoms with Gasteiger partial charge in [0.2, 0.25) is 5.95 Å². The molecular formula is C19H18FN5.